The van der Waals surface area contributed by atoms with Crippen molar-refractivity contribution in [2.24, 2.45) is 5.92 Å². The molecule has 19 heavy (non-hydrogen) atoms. The number of benzene rings is 1. The van der Waals surface area contributed by atoms with Crippen LogP contribution in [-0.4, -0.2) is 31.0 Å². The van der Waals surface area contributed by atoms with Gasteiger partial charge in [-0.2, -0.15) is 5.06 Å². The third-order valence-electron chi connectivity index (χ3n) is 3.05. The fraction of sp³-hybridized carbons (Fsp3) is 0.462. The van der Waals surface area contributed by atoms with Crippen LogP contribution < -0.4 is 0 Å². The number of carbonyl (C=O) groups excluding carboxylic acids is 1. The van der Waals surface area contributed by atoms with Gasteiger partial charge in [-0.05, 0) is 24.6 Å². The summed E-state index contributed by atoms with van der Waals surface area (Å²) in [5.41, 5.74) is 0.755. The quantitative estimate of drug-likeness (QED) is 0.801. The number of halogens is 2. The van der Waals surface area contributed by atoms with Gasteiger partial charge >= 0.3 is 5.97 Å². The first-order valence-electron chi connectivity index (χ1n) is 6.00. The summed E-state index contributed by atoms with van der Waals surface area (Å²) in [5.74, 6) is -1.59. The van der Waals surface area contributed by atoms with E-state index in [-0.39, 0.29) is 6.61 Å². The van der Waals surface area contributed by atoms with E-state index < -0.39 is 24.3 Å². The molecule has 2 rings (SSSR count). The van der Waals surface area contributed by atoms with Crippen molar-refractivity contribution < 1.29 is 18.8 Å². The molecule has 1 saturated heterocycles. The first-order valence-corrected chi connectivity index (χ1v) is 6.38. The zero-order valence-corrected chi connectivity index (χ0v) is 11.4. The van der Waals surface area contributed by atoms with Gasteiger partial charge in [-0.25, -0.2) is 4.39 Å². The Kier molecular flexibility index (Phi) is 4.39. The highest BCUT2D eigenvalue weighted by Crippen LogP contribution is 2.39. The number of rotatable bonds is 3. The summed E-state index contributed by atoms with van der Waals surface area (Å²) < 4.78 is 18.7. The molecule has 4 nitrogen and oxygen atoms in total. The molecular formula is C13H15ClFNO3. The molecule has 0 bridgehead atoms. The van der Waals surface area contributed by atoms with E-state index >= 15 is 0 Å². The number of hydroxylamine groups is 2. The van der Waals surface area contributed by atoms with Crippen molar-refractivity contribution in [3.8, 4) is 0 Å². The highest BCUT2D eigenvalue weighted by atomic mass is 35.5. The van der Waals surface area contributed by atoms with Gasteiger partial charge in [0, 0.05) is 12.1 Å². The summed E-state index contributed by atoms with van der Waals surface area (Å²) >= 11 is 5.82. The maximum atomic E-state index is 13.8. The molecule has 1 aromatic carbocycles. The Hall–Kier alpha value is -1.17. The van der Waals surface area contributed by atoms with E-state index in [4.69, 9.17) is 21.2 Å². The SMILES string of the molecule is CCOC(=O)[C@@H]1[C@@H](c2ccc(Cl)cc2)N(C)O[C@@H]1F. The van der Waals surface area contributed by atoms with Gasteiger partial charge in [0.2, 0.25) is 6.36 Å². The van der Waals surface area contributed by atoms with Crippen molar-refractivity contribution in [3.63, 3.8) is 0 Å². The molecule has 0 unspecified atom stereocenters. The van der Waals surface area contributed by atoms with Crippen LogP contribution in [-0.2, 0) is 14.4 Å². The van der Waals surface area contributed by atoms with Crippen LogP contribution in [0, 0.1) is 5.92 Å². The van der Waals surface area contributed by atoms with Crippen LogP contribution in [0.2, 0.25) is 5.02 Å². The average Bonchev–Trinajstić information content (AvgIpc) is 2.65. The number of hydrogen-bond donors (Lipinski definition) is 0. The zero-order chi connectivity index (χ0) is 14.0. The number of hydrogen-bond acceptors (Lipinski definition) is 4. The highest BCUT2D eigenvalue weighted by Gasteiger charge is 2.48. The fourth-order valence-corrected chi connectivity index (χ4v) is 2.34. The Morgan fingerprint density at radius 3 is 2.68 bits per heavy atom. The predicted octanol–water partition coefficient (Wildman–Crippen LogP) is 2.73. The number of nitrogens with zero attached hydrogens (tertiary/aromatic N) is 1. The Morgan fingerprint density at radius 2 is 2.11 bits per heavy atom. The van der Waals surface area contributed by atoms with E-state index in [0.29, 0.717) is 5.02 Å². The molecule has 1 aliphatic heterocycles. The van der Waals surface area contributed by atoms with Gasteiger partial charge in [0.1, 0.15) is 5.92 Å². The minimum absolute atomic E-state index is 0.207. The molecular weight excluding hydrogens is 273 g/mol. The lowest BCUT2D eigenvalue weighted by atomic mass is 9.94. The van der Waals surface area contributed by atoms with Gasteiger partial charge in [-0.3, -0.25) is 9.63 Å². The lowest BCUT2D eigenvalue weighted by Gasteiger charge is -2.21. The van der Waals surface area contributed by atoms with Gasteiger partial charge < -0.3 is 4.74 Å². The number of carbonyl (C=O) groups is 1. The average molecular weight is 288 g/mol. The second-order valence-corrected chi connectivity index (χ2v) is 4.71. The number of alkyl halides is 1. The molecule has 0 radical (unpaired) electrons. The molecule has 6 heteroatoms. The van der Waals surface area contributed by atoms with E-state index in [1.165, 1.54) is 5.06 Å². The summed E-state index contributed by atoms with van der Waals surface area (Å²) in [7, 11) is 1.59. The minimum Gasteiger partial charge on any atom is -0.466 e. The lowest BCUT2D eigenvalue weighted by Crippen LogP contribution is -2.29. The lowest BCUT2D eigenvalue weighted by molar-refractivity contribution is -0.186. The van der Waals surface area contributed by atoms with Crippen LogP contribution >= 0.6 is 11.6 Å². The monoisotopic (exact) mass is 287 g/mol. The maximum Gasteiger partial charge on any atom is 0.316 e. The van der Waals surface area contributed by atoms with Crippen LogP contribution in [0.4, 0.5) is 4.39 Å². The van der Waals surface area contributed by atoms with Crippen molar-refractivity contribution in [2.45, 2.75) is 19.3 Å². The Balaban J connectivity index is 2.29. The minimum atomic E-state index is -1.70. The van der Waals surface area contributed by atoms with E-state index in [1.54, 1.807) is 38.2 Å². The molecule has 0 spiro atoms. The largest absolute Gasteiger partial charge is 0.466 e. The summed E-state index contributed by atoms with van der Waals surface area (Å²) in [6, 6.07) is 6.36. The molecule has 1 aliphatic rings. The Labute approximate surface area is 116 Å². The second-order valence-electron chi connectivity index (χ2n) is 4.28. The van der Waals surface area contributed by atoms with E-state index in [1.807, 2.05) is 0 Å². The van der Waals surface area contributed by atoms with Crippen molar-refractivity contribution in [2.75, 3.05) is 13.7 Å². The molecule has 0 amide bonds. The van der Waals surface area contributed by atoms with Gasteiger partial charge in [-0.15, -0.1) is 0 Å². The van der Waals surface area contributed by atoms with Gasteiger partial charge in [0.15, 0.2) is 0 Å². The molecule has 3 atom stereocenters. The molecule has 0 aromatic heterocycles. The normalized spacial score (nSPS) is 27.5. The summed E-state index contributed by atoms with van der Waals surface area (Å²) in [5, 5.41) is 1.92. The Morgan fingerprint density at radius 1 is 1.47 bits per heavy atom. The topological polar surface area (TPSA) is 38.8 Å². The van der Waals surface area contributed by atoms with Crippen LogP contribution in [0.15, 0.2) is 24.3 Å². The van der Waals surface area contributed by atoms with Gasteiger partial charge in [-0.1, -0.05) is 23.7 Å². The fourth-order valence-electron chi connectivity index (χ4n) is 2.21. The standard InChI is InChI=1S/C13H15ClFNO3/c1-3-18-13(17)10-11(16(2)19-12(10)15)8-4-6-9(14)7-5-8/h4-7,10-12H,3H2,1-2H3/t10-,11-,12+/m1/s1. The van der Waals surface area contributed by atoms with E-state index in [0.717, 1.165) is 5.56 Å². The molecule has 0 N–H and O–H groups in total. The van der Waals surface area contributed by atoms with Gasteiger partial charge in [0.25, 0.3) is 0 Å². The molecule has 1 heterocycles. The third kappa shape index (κ3) is 2.88. The Bertz CT molecular complexity index is 454. The van der Waals surface area contributed by atoms with Gasteiger partial charge in [0.05, 0.1) is 12.6 Å². The van der Waals surface area contributed by atoms with Crippen molar-refractivity contribution in [1.29, 1.82) is 0 Å². The highest BCUT2D eigenvalue weighted by molar-refractivity contribution is 6.30. The second kappa shape index (κ2) is 5.86. The third-order valence-corrected chi connectivity index (χ3v) is 3.30. The molecule has 0 saturated carbocycles. The molecule has 1 aromatic rings. The number of esters is 1. The summed E-state index contributed by atoms with van der Waals surface area (Å²) in [6.07, 6.45) is -1.70. The first-order chi connectivity index (χ1) is 9.04. The number of ether oxygens (including phenoxy) is 1. The van der Waals surface area contributed by atoms with Crippen LogP contribution in [0.1, 0.15) is 18.5 Å². The molecule has 0 aliphatic carbocycles. The first kappa shape index (κ1) is 14.2. The van der Waals surface area contributed by atoms with Crippen molar-refractivity contribution in [3.05, 3.63) is 34.9 Å². The predicted molar refractivity (Wildman–Crippen MR) is 68.1 cm³/mol. The van der Waals surface area contributed by atoms with Crippen LogP contribution in [0.5, 0.6) is 0 Å². The van der Waals surface area contributed by atoms with Crippen molar-refractivity contribution in [1.82, 2.24) is 5.06 Å². The van der Waals surface area contributed by atoms with Crippen LogP contribution in [0.25, 0.3) is 0 Å². The summed E-state index contributed by atoms with van der Waals surface area (Å²) in [6.45, 7) is 1.89. The van der Waals surface area contributed by atoms with Crippen molar-refractivity contribution >= 4 is 17.6 Å². The van der Waals surface area contributed by atoms with Crippen LogP contribution in [0.3, 0.4) is 0 Å². The smallest absolute Gasteiger partial charge is 0.316 e. The van der Waals surface area contributed by atoms with E-state index in [2.05, 4.69) is 0 Å². The maximum absolute atomic E-state index is 13.8. The molecule has 104 valence electrons. The zero-order valence-electron chi connectivity index (χ0n) is 10.7. The molecule has 1 fully saturated rings. The van der Waals surface area contributed by atoms with E-state index in [9.17, 15) is 9.18 Å². The summed E-state index contributed by atoms with van der Waals surface area (Å²) in [4.78, 5) is 16.8.